The van der Waals surface area contributed by atoms with Crippen molar-refractivity contribution in [1.29, 1.82) is 0 Å². The molecule has 0 unspecified atom stereocenters. The standard InChI is InChI=1S/C25H26N8/c1-17-6-4-9-21(29-17)25-24(19-10-11-23-27-16-28-33(23)15-19)30-22(31-25)13-26-20-8-5-7-18(12-20)14-32(2)3/h4-12,15-16,26H,13-14H2,1-3H3,(H,30,31). The van der Waals surface area contributed by atoms with E-state index in [1.807, 2.05) is 43.5 Å². The average molecular weight is 439 g/mol. The smallest absolute Gasteiger partial charge is 0.155 e. The fourth-order valence-corrected chi connectivity index (χ4v) is 3.87. The number of pyridine rings is 2. The number of nitrogens with zero attached hydrogens (tertiary/aromatic N) is 6. The van der Waals surface area contributed by atoms with Gasteiger partial charge in [0, 0.05) is 29.7 Å². The number of hydrogen-bond donors (Lipinski definition) is 2. The SMILES string of the molecule is Cc1cccc(-c2[nH]c(CNc3cccc(CN(C)C)c3)nc2-c2ccc3ncnn3c2)n1. The number of benzene rings is 1. The van der Waals surface area contributed by atoms with Gasteiger partial charge in [0.15, 0.2) is 5.65 Å². The molecule has 0 aliphatic heterocycles. The van der Waals surface area contributed by atoms with E-state index in [1.165, 1.54) is 5.56 Å². The van der Waals surface area contributed by atoms with Crippen molar-refractivity contribution in [3.8, 4) is 22.6 Å². The third-order valence-corrected chi connectivity index (χ3v) is 5.33. The minimum atomic E-state index is 0.565. The topological polar surface area (TPSA) is 87.0 Å². The van der Waals surface area contributed by atoms with Gasteiger partial charge in [-0.2, -0.15) is 5.10 Å². The fraction of sp³-hybridized carbons (Fsp3) is 0.200. The molecule has 0 radical (unpaired) electrons. The van der Waals surface area contributed by atoms with E-state index < -0.39 is 0 Å². The molecule has 0 saturated carbocycles. The highest BCUT2D eigenvalue weighted by atomic mass is 15.3. The second-order valence-corrected chi connectivity index (χ2v) is 8.34. The lowest BCUT2D eigenvalue weighted by Crippen LogP contribution is -2.10. The second kappa shape index (κ2) is 8.84. The minimum absolute atomic E-state index is 0.565. The molecular weight excluding hydrogens is 412 g/mol. The first-order valence-electron chi connectivity index (χ1n) is 10.9. The summed E-state index contributed by atoms with van der Waals surface area (Å²) in [5.74, 6) is 0.833. The largest absolute Gasteiger partial charge is 0.378 e. The first kappa shape index (κ1) is 20.8. The van der Waals surface area contributed by atoms with Gasteiger partial charge in [-0.15, -0.1) is 0 Å². The zero-order valence-corrected chi connectivity index (χ0v) is 18.9. The summed E-state index contributed by atoms with van der Waals surface area (Å²) in [5, 5.41) is 7.76. The van der Waals surface area contributed by atoms with Crippen LogP contribution in [-0.2, 0) is 13.1 Å². The summed E-state index contributed by atoms with van der Waals surface area (Å²) in [4.78, 5) is 19.5. The van der Waals surface area contributed by atoms with Crippen LogP contribution in [0.25, 0.3) is 28.3 Å². The summed E-state index contributed by atoms with van der Waals surface area (Å²) in [6, 6.07) is 18.4. The molecular formula is C25H26N8. The predicted molar refractivity (Wildman–Crippen MR) is 130 cm³/mol. The van der Waals surface area contributed by atoms with E-state index in [0.717, 1.165) is 52.0 Å². The highest BCUT2D eigenvalue weighted by molar-refractivity contribution is 5.77. The van der Waals surface area contributed by atoms with Gasteiger partial charge < -0.3 is 15.2 Å². The monoisotopic (exact) mass is 438 g/mol. The third kappa shape index (κ3) is 4.61. The van der Waals surface area contributed by atoms with E-state index in [4.69, 9.17) is 9.97 Å². The van der Waals surface area contributed by atoms with E-state index in [0.29, 0.717) is 6.54 Å². The molecule has 2 N–H and O–H groups in total. The fourth-order valence-electron chi connectivity index (χ4n) is 3.87. The molecule has 4 aromatic heterocycles. The molecule has 0 fully saturated rings. The van der Waals surface area contributed by atoms with Gasteiger partial charge in [-0.1, -0.05) is 18.2 Å². The Balaban J connectivity index is 1.48. The van der Waals surface area contributed by atoms with E-state index >= 15 is 0 Å². The Bertz CT molecular complexity index is 1400. The summed E-state index contributed by atoms with van der Waals surface area (Å²) in [7, 11) is 4.14. The van der Waals surface area contributed by atoms with Crippen LogP contribution < -0.4 is 5.32 Å². The summed E-state index contributed by atoms with van der Waals surface area (Å²) in [6.45, 7) is 3.45. The maximum atomic E-state index is 4.94. The Kier molecular flexibility index (Phi) is 5.58. The Hall–Kier alpha value is -4.04. The first-order chi connectivity index (χ1) is 16.0. The maximum Gasteiger partial charge on any atom is 0.155 e. The van der Waals surface area contributed by atoms with Crippen LogP contribution in [-0.4, -0.2) is 48.5 Å². The molecule has 33 heavy (non-hydrogen) atoms. The van der Waals surface area contributed by atoms with Gasteiger partial charge in [0.25, 0.3) is 0 Å². The molecule has 5 rings (SSSR count). The highest BCUT2D eigenvalue weighted by Gasteiger charge is 2.16. The Morgan fingerprint density at radius 1 is 1.03 bits per heavy atom. The summed E-state index contributed by atoms with van der Waals surface area (Å²) >= 11 is 0. The zero-order valence-electron chi connectivity index (χ0n) is 18.9. The van der Waals surface area contributed by atoms with Crippen molar-refractivity contribution < 1.29 is 0 Å². The van der Waals surface area contributed by atoms with E-state index in [2.05, 4.69) is 63.6 Å². The van der Waals surface area contributed by atoms with Crippen LogP contribution in [0, 0.1) is 6.92 Å². The lowest BCUT2D eigenvalue weighted by molar-refractivity contribution is 0.402. The molecule has 8 nitrogen and oxygen atoms in total. The number of fused-ring (bicyclic) bond motifs is 1. The number of aromatic amines is 1. The number of nitrogens with one attached hydrogen (secondary N) is 2. The normalized spacial score (nSPS) is 11.4. The molecule has 4 heterocycles. The molecule has 0 bridgehead atoms. The number of anilines is 1. The number of imidazole rings is 1. The van der Waals surface area contributed by atoms with E-state index in [1.54, 1.807) is 10.8 Å². The molecule has 5 aromatic rings. The minimum Gasteiger partial charge on any atom is -0.378 e. The lowest BCUT2D eigenvalue weighted by atomic mass is 10.1. The average Bonchev–Trinajstić information content (AvgIpc) is 3.44. The van der Waals surface area contributed by atoms with Gasteiger partial charge in [0.05, 0.1) is 23.6 Å². The van der Waals surface area contributed by atoms with Crippen LogP contribution in [0.5, 0.6) is 0 Å². The first-order valence-corrected chi connectivity index (χ1v) is 10.9. The molecule has 1 aromatic carbocycles. The maximum absolute atomic E-state index is 4.94. The van der Waals surface area contributed by atoms with Gasteiger partial charge in [0.2, 0.25) is 0 Å². The van der Waals surface area contributed by atoms with Gasteiger partial charge in [-0.3, -0.25) is 4.98 Å². The molecule has 0 aliphatic carbocycles. The number of aryl methyl sites for hydroxylation is 1. The van der Waals surface area contributed by atoms with E-state index in [-0.39, 0.29) is 0 Å². The van der Waals surface area contributed by atoms with Crippen LogP contribution in [0.4, 0.5) is 5.69 Å². The molecule has 8 heteroatoms. The Morgan fingerprint density at radius 2 is 1.91 bits per heavy atom. The lowest BCUT2D eigenvalue weighted by Gasteiger charge is -2.11. The number of hydrogen-bond acceptors (Lipinski definition) is 6. The number of rotatable bonds is 7. The third-order valence-electron chi connectivity index (χ3n) is 5.33. The Labute approximate surface area is 192 Å². The Morgan fingerprint density at radius 3 is 2.76 bits per heavy atom. The molecule has 0 saturated heterocycles. The van der Waals surface area contributed by atoms with Crippen molar-refractivity contribution in [2.75, 3.05) is 19.4 Å². The van der Waals surface area contributed by atoms with Crippen LogP contribution in [0.15, 0.2) is 67.1 Å². The summed E-state index contributed by atoms with van der Waals surface area (Å²) in [5.41, 5.74) is 7.60. The molecule has 166 valence electrons. The van der Waals surface area contributed by atoms with Crippen molar-refractivity contribution in [3.63, 3.8) is 0 Å². The number of H-pyrrole nitrogens is 1. The molecule has 0 spiro atoms. The van der Waals surface area contributed by atoms with Crippen LogP contribution in [0.1, 0.15) is 17.1 Å². The summed E-state index contributed by atoms with van der Waals surface area (Å²) in [6.07, 6.45) is 3.49. The molecule has 0 atom stereocenters. The highest BCUT2D eigenvalue weighted by Crippen LogP contribution is 2.29. The molecule has 0 aliphatic rings. The van der Waals surface area contributed by atoms with Crippen molar-refractivity contribution in [1.82, 2.24) is 34.4 Å². The van der Waals surface area contributed by atoms with Crippen molar-refractivity contribution >= 4 is 11.3 Å². The van der Waals surface area contributed by atoms with Crippen molar-refractivity contribution in [2.45, 2.75) is 20.0 Å². The zero-order chi connectivity index (χ0) is 22.8. The van der Waals surface area contributed by atoms with Crippen LogP contribution in [0.2, 0.25) is 0 Å². The predicted octanol–water partition coefficient (Wildman–Crippen LogP) is 4.16. The van der Waals surface area contributed by atoms with E-state index in [9.17, 15) is 0 Å². The van der Waals surface area contributed by atoms with Gasteiger partial charge in [0.1, 0.15) is 12.2 Å². The van der Waals surface area contributed by atoms with Crippen LogP contribution in [0.3, 0.4) is 0 Å². The van der Waals surface area contributed by atoms with Crippen molar-refractivity contribution in [2.24, 2.45) is 0 Å². The quantitative estimate of drug-likeness (QED) is 0.397. The van der Waals surface area contributed by atoms with Gasteiger partial charge >= 0.3 is 0 Å². The van der Waals surface area contributed by atoms with Gasteiger partial charge in [-0.25, -0.2) is 14.5 Å². The van der Waals surface area contributed by atoms with Crippen molar-refractivity contribution in [3.05, 3.63) is 84.2 Å². The second-order valence-electron chi connectivity index (χ2n) is 8.34. The molecule has 0 amide bonds. The van der Waals surface area contributed by atoms with Crippen LogP contribution >= 0.6 is 0 Å². The summed E-state index contributed by atoms with van der Waals surface area (Å²) < 4.78 is 1.76. The van der Waals surface area contributed by atoms with Gasteiger partial charge in [-0.05, 0) is 63.0 Å². The number of aromatic nitrogens is 6.